The van der Waals surface area contributed by atoms with Crippen molar-refractivity contribution in [3.05, 3.63) is 74.7 Å². The number of amides is 2. The Bertz CT molecular complexity index is 1520. The number of halogens is 9. The predicted octanol–water partition coefficient (Wildman–Crippen LogP) is 8.73. The molecular formula is C21H11Cl3F6N2O4S2. The maximum atomic E-state index is 13.3. The molecule has 204 valence electrons. The number of hydrogen-bond donors (Lipinski definition) is 3. The van der Waals surface area contributed by atoms with Gasteiger partial charge in [-0.25, -0.2) is 4.79 Å². The molecule has 38 heavy (non-hydrogen) atoms. The molecule has 17 heteroatoms. The highest BCUT2D eigenvalue weighted by atomic mass is 35.5. The quantitative estimate of drug-likeness (QED) is 0.192. The second-order valence-corrected chi connectivity index (χ2v) is 11.0. The molecule has 3 aromatic carbocycles. The van der Waals surface area contributed by atoms with Crippen LogP contribution in [0, 0.1) is 0 Å². The number of anilines is 2. The largest absolute Gasteiger partial charge is 0.417 e. The zero-order valence-corrected chi connectivity index (χ0v) is 21.9. The Kier molecular flexibility index (Phi) is 8.75. The smallest absolute Gasteiger partial charge is 0.308 e. The topological polar surface area (TPSA) is 95.5 Å². The molecule has 0 aromatic heterocycles. The lowest BCUT2D eigenvalue weighted by molar-refractivity contribution is -0.138. The molecule has 0 saturated heterocycles. The second-order valence-electron chi connectivity index (χ2n) is 7.27. The first-order chi connectivity index (χ1) is 17.4. The molecular weight excluding hydrogens is 629 g/mol. The minimum absolute atomic E-state index is 0.149. The summed E-state index contributed by atoms with van der Waals surface area (Å²) in [6.45, 7) is 0. The molecule has 6 nitrogen and oxygen atoms in total. The van der Waals surface area contributed by atoms with Gasteiger partial charge in [-0.1, -0.05) is 46.6 Å². The summed E-state index contributed by atoms with van der Waals surface area (Å²) in [6, 6.07) is 5.13. The molecule has 0 heterocycles. The van der Waals surface area contributed by atoms with Crippen LogP contribution in [0.2, 0.25) is 15.1 Å². The molecule has 0 unspecified atom stereocenters. The van der Waals surface area contributed by atoms with E-state index in [0.717, 1.165) is 30.3 Å². The van der Waals surface area contributed by atoms with Crippen molar-refractivity contribution in [2.24, 2.45) is 0 Å². The monoisotopic (exact) mass is 638 g/mol. The normalized spacial score (nSPS) is 12.4. The molecule has 0 aliphatic carbocycles. The maximum absolute atomic E-state index is 13.3. The molecule has 0 atom stereocenters. The number of carbonyl (C=O) groups excluding carboxylic acids is 1. The highest BCUT2D eigenvalue weighted by Gasteiger charge is 2.34. The van der Waals surface area contributed by atoms with E-state index in [4.69, 9.17) is 34.8 Å². The molecule has 0 spiro atoms. The molecule has 3 aromatic rings. The van der Waals surface area contributed by atoms with Gasteiger partial charge in [0, 0.05) is 15.5 Å². The number of alkyl halides is 6. The van der Waals surface area contributed by atoms with Crippen molar-refractivity contribution >= 4 is 74.1 Å². The van der Waals surface area contributed by atoms with Gasteiger partial charge in [0.1, 0.15) is 4.90 Å². The standard InChI is InChI=1S/C21H11Cl3F6N2O4S2/c22-12-3-2-10(6-11(12)21(28,29)30)31-19(33)32-15-5-9(20(25,26)27)1-4-16(15)37-17-7-13(23)14(24)8-18(17)38(34,35)36/h1-8H,(H2,31,32,33)(H,34,35,36). The molecule has 0 bridgehead atoms. The lowest BCUT2D eigenvalue weighted by Gasteiger charge is -2.16. The number of benzene rings is 3. The molecule has 0 aliphatic heterocycles. The minimum Gasteiger partial charge on any atom is -0.308 e. The van der Waals surface area contributed by atoms with Crippen LogP contribution in [0.1, 0.15) is 11.1 Å². The first-order valence-corrected chi connectivity index (χ1v) is 13.1. The van der Waals surface area contributed by atoms with E-state index >= 15 is 0 Å². The van der Waals surface area contributed by atoms with E-state index in [2.05, 4.69) is 10.6 Å². The summed E-state index contributed by atoms with van der Waals surface area (Å²) in [5.41, 5.74) is -3.34. The minimum atomic E-state index is -4.87. The Hall–Kier alpha value is -2.36. The van der Waals surface area contributed by atoms with E-state index in [1.807, 2.05) is 0 Å². The van der Waals surface area contributed by atoms with Crippen LogP contribution in [0.3, 0.4) is 0 Å². The molecule has 3 N–H and O–H groups in total. The van der Waals surface area contributed by atoms with E-state index in [1.165, 1.54) is 0 Å². The lowest BCUT2D eigenvalue weighted by Crippen LogP contribution is -2.21. The summed E-state index contributed by atoms with van der Waals surface area (Å²) in [5, 5.41) is 3.12. The van der Waals surface area contributed by atoms with Crippen LogP contribution in [0.4, 0.5) is 42.5 Å². The molecule has 0 radical (unpaired) electrons. The summed E-state index contributed by atoms with van der Waals surface area (Å²) in [5.74, 6) is 0. The van der Waals surface area contributed by atoms with Crippen LogP contribution in [-0.4, -0.2) is 19.0 Å². The Morgan fingerprint density at radius 1 is 0.789 bits per heavy atom. The number of urea groups is 1. The van der Waals surface area contributed by atoms with Crippen molar-refractivity contribution in [3.8, 4) is 0 Å². The molecule has 2 amide bonds. The van der Waals surface area contributed by atoms with Crippen molar-refractivity contribution in [1.82, 2.24) is 0 Å². The highest BCUT2D eigenvalue weighted by molar-refractivity contribution is 8.00. The fraction of sp³-hybridized carbons (Fsp3) is 0.0952. The molecule has 0 saturated carbocycles. The van der Waals surface area contributed by atoms with Gasteiger partial charge in [0.2, 0.25) is 0 Å². The van der Waals surface area contributed by atoms with Crippen LogP contribution >= 0.6 is 46.6 Å². The third kappa shape index (κ3) is 7.39. The van der Waals surface area contributed by atoms with Crippen LogP contribution in [0.25, 0.3) is 0 Å². The van der Waals surface area contributed by atoms with E-state index in [9.17, 15) is 44.1 Å². The molecule has 0 fully saturated rings. The van der Waals surface area contributed by atoms with Crippen molar-refractivity contribution in [2.75, 3.05) is 10.6 Å². The van der Waals surface area contributed by atoms with Crippen molar-refractivity contribution in [1.29, 1.82) is 0 Å². The van der Waals surface area contributed by atoms with Gasteiger partial charge in [0.15, 0.2) is 0 Å². The highest BCUT2D eigenvalue weighted by Crippen LogP contribution is 2.42. The number of carbonyl (C=O) groups is 1. The van der Waals surface area contributed by atoms with Crippen LogP contribution in [0.5, 0.6) is 0 Å². The lowest BCUT2D eigenvalue weighted by atomic mass is 10.2. The Morgan fingerprint density at radius 3 is 2.00 bits per heavy atom. The van der Waals surface area contributed by atoms with Crippen LogP contribution in [-0.2, 0) is 22.5 Å². The summed E-state index contributed by atoms with van der Waals surface area (Å²) >= 11 is 17.8. The van der Waals surface area contributed by atoms with Crippen LogP contribution < -0.4 is 10.6 Å². The summed E-state index contributed by atoms with van der Waals surface area (Å²) in [6.07, 6.45) is -9.70. The van der Waals surface area contributed by atoms with Crippen molar-refractivity contribution in [2.45, 2.75) is 27.0 Å². The van der Waals surface area contributed by atoms with Gasteiger partial charge < -0.3 is 10.6 Å². The molecule has 3 rings (SSSR count). The van der Waals surface area contributed by atoms with E-state index in [1.54, 1.807) is 0 Å². The third-order valence-corrected chi connectivity index (χ3v) is 7.78. The Labute approximate surface area is 230 Å². The first-order valence-electron chi connectivity index (χ1n) is 9.66. The molecule has 0 aliphatic rings. The number of hydrogen-bond acceptors (Lipinski definition) is 4. The van der Waals surface area contributed by atoms with E-state index < -0.39 is 55.2 Å². The van der Waals surface area contributed by atoms with Crippen LogP contribution in [0.15, 0.2) is 63.2 Å². The summed E-state index contributed by atoms with van der Waals surface area (Å²) in [7, 11) is -4.87. The third-order valence-electron chi connectivity index (χ3n) is 4.57. The summed E-state index contributed by atoms with van der Waals surface area (Å²) < 4.78 is 112. The first kappa shape index (κ1) is 30.2. The van der Waals surface area contributed by atoms with Gasteiger partial charge in [0.05, 0.1) is 31.9 Å². The van der Waals surface area contributed by atoms with Gasteiger partial charge >= 0.3 is 18.4 Å². The average Bonchev–Trinajstić information content (AvgIpc) is 2.76. The van der Waals surface area contributed by atoms with Gasteiger partial charge in [0.25, 0.3) is 10.1 Å². The maximum Gasteiger partial charge on any atom is 0.417 e. The SMILES string of the molecule is O=C(Nc1ccc(Cl)c(C(F)(F)F)c1)Nc1cc(C(F)(F)F)ccc1Sc1cc(Cl)c(Cl)cc1S(=O)(=O)O. The number of nitrogens with one attached hydrogen (secondary N) is 2. The van der Waals surface area contributed by atoms with Gasteiger partial charge in [-0.05, 0) is 48.5 Å². The number of rotatable bonds is 5. The zero-order valence-electron chi connectivity index (χ0n) is 18.0. The van der Waals surface area contributed by atoms with Gasteiger partial charge in [-0.2, -0.15) is 34.8 Å². The van der Waals surface area contributed by atoms with Crippen molar-refractivity contribution in [3.63, 3.8) is 0 Å². The van der Waals surface area contributed by atoms with E-state index in [-0.39, 0.29) is 25.5 Å². The van der Waals surface area contributed by atoms with E-state index in [0.29, 0.717) is 30.0 Å². The van der Waals surface area contributed by atoms with Gasteiger partial charge in [-0.15, -0.1) is 0 Å². The average molecular weight is 640 g/mol. The summed E-state index contributed by atoms with van der Waals surface area (Å²) in [4.78, 5) is 11.4. The fourth-order valence-corrected chi connectivity index (χ4v) is 5.54. The van der Waals surface area contributed by atoms with Gasteiger partial charge in [-0.3, -0.25) is 4.55 Å². The predicted molar refractivity (Wildman–Crippen MR) is 131 cm³/mol. The Balaban J connectivity index is 2.01. The zero-order chi connectivity index (χ0) is 28.6. The second kappa shape index (κ2) is 11.0. The van der Waals surface area contributed by atoms with Crippen molar-refractivity contribution < 1.29 is 44.1 Å². The Morgan fingerprint density at radius 2 is 1.42 bits per heavy atom. The fourth-order valence-electron chi connectivity index (χ4n) is 2.91.